The van der Waals surface area contributed by atoms with Gasteiger partial charge in [0, 0.05) is 42.4 Å². The summed E-state index contributed by atoms with van der Waals surface area (Å²) in [6.07, 6.45) is 3.84. The van der Waals surface area contributed by atoms with Crippen LogP contribution in [0.15, 0.2) is 57.9 Å². The van der Waals surface area contributed by atoms with Crippen LogP contribution >= 0.6 is 11.6 Å². The van der Waals surface area contributed by atoms with E-state index >= 15 is 0 Å². The average Bonchev–Trinajstić information content (AvgIpc) is 3.24. The molecule has 29 heavy (non-hydrogen) atoms. The van der Waals surface area contributed by atoms with Gasteiger partial charge in [-0.2, -0.15) is 0 Å². The van der Waals surface area contributed by atoms with Crippen molar-refractivity contribution < 1.29 is 13.9 Å². The highest BCUT2D eigenvalue weighted by Crippen LogP contribution is 2.23. The van der Waals surface area contributed by atoms with E-state index in [1.165, 1.54) is 0 Å². The van der Waals surface area contributed by atoms with E-state index in [0.29, 0.717) is 34.6 Å². The first-order valence-electron chi connectivity index (χ1n) is 9.80. The Morgan fingerprint density at radius 3 is 2.79 bits per heavy atom. The summed E-state index contributed by atoms with van der Waals surface area (Å²) in [5.74, 6) is 0.835. The van der Waals surface area contributed by atoms with E-state index in [0.717, 1.165) is 37.3 Å². The smallest absolute Gasteiger partial charge is 0.197 e. The van der Waals surface area contributed by atoms with Crippen molar-refractivity contribution in [2.75, 3.05) is 20.3 Å². The molecule has 5 nitrogen and oxygen atoms in total. The Labute approximate surface area is 174 Å². The minimum Gasteiger partial charge on any atom is -0.496 e. The largest absolute Gasteiger partial charge is 0.496 e. The Kier molecular flexibility index (Phi) is 6.19. The van der Waals surface area contributed by atoms with E-state index < -0.39 is 0 Å². The molecule has 3 aromatic rings. The maximum atomic E-state index is 13.0. The third kappa shape index (κ3) is 4.64. The van der Waals surface area contributed by atoms with Crippen LogP contribution in [0, 0.1) is 0 Å². The molecule has 1 aliphatic rings. The van der Waals surface area contributed by atoms with Crippen molar-refractivity contribution >= 4 is 22.6 Å². The summed E-state index contributed by atoms with van der Waals surface area (Å²) in [6, 6.07) is 13.1. The number of benzene rings is 2. The van der Waals surface area contributed by atoms with Crippen molar-refractivity contribution in [3.63, 3.8) is 0 Å². The summed E-state index contributed by atoms with van der Waals surface area (Å²) in [5, 5.41) is 1.02. The molecule has 4 rings (SSSR count). The van der Waals surface area contributed by atoms with Gasteiger partial charge in [0.2, 0.25) is 0 Å². The number of hydrogen-bond acceptors (Lipinski definition) is 5. The quantitative estimate of drug-likeness (QED) is 0.565. The normalized spacial score (nSPS) is 16.6. The van der Waals surface area contributed by atoms with Crippen molar-refractivity contribution in [3.05, 3.63) is 75.1 Å². The Hall–Kier alpha value is -2.34. The van der Waals surface area contributed by atoms with Gasteiger partial charge in [0.1, 0.15) is 11.3 Å². The number of nitrogens with zero attached hydrogens (tertiary/aromatic N) is 1. The standard InChI is InChI=1S/C23H24ClNO4/c1-27-21-7-3-2-5-16(21)12-25(14-19-6-4-10-28-19)13-17-15-29-22-9-8-18(24)11-20(22)23(17)26/h2-3,5,7-9,11,15,19H,4,6,10,12-14H2,1H3/t19-/m1/s1. The lowest BCUT2D eigenvalue weighted by atomic mass is 10.1. The van der Waals surface area contributed by atoms with Gasteiger partial charge in [-0.15, -0.1) is 0 Å². The van der Waals surface area contributed by atoms with E-state index in [1.807, 2.05) is 24.3 Å². The van der Waals surface area contributed by atoms with Crippen LogP contribution in [-0.4, -0.2) is 31.3 Å². The molecule has 6 heteroatoms. The second-order valence-corrected chi connectivity index (χ2v) is 7.78. The van der Waals surface area contributed by atoms with Gasteiger partial charge in [-0.25, -0.2) is 0 Å². The van der Waals surface area contributed by atoms with Gasteiger partial charge in [-0.05, 0) is 37.1 Å². The molecule has 0 spiro atoms. The molecule has 2 heterocycles. The van der Waals surface area contributed by atoms with Crippen molar-refractivity contribution in [2.24, 2.45) is 0 Å². The Balaban J connectivity index is 1.63. The zero-order chi connectivity index (χ0) is 20.2. The summed E-state index contributed by atoms with van der Waals surface area (Å²) in [4.78, 5) is 15.2. The van der Waals surface area contributed by atoms with Gasteiger partial charge in [0.15, 0.2) is 5.43 Å². The van der Waals surface area contributed by atoms with Gasteiger partial charge < -0.3 is 13.9 Å². The summed E-state index contributed by atoms with van der Waals surface area (Å²) in [6.45, 7) is 2.65. The van der Waals surface area contributed by atoms with Crippen LogP contribution in [0.3, 0.4) is 0 Å². The number of rotatable bonds is 7. The fourth-order valence-corrected chi connectivity index (χ4v) is 4.00. The van der Waals surface area contributed by atoms with Crippen LogP contribution in [0.5, 0.6) is 5.75 Å². The van der Waals surface area contributed by atoms with E-state index in [4.69, 9.17) is 25.5 Å². The van der Waals surface area contributed by atoms with Crippen LogP contribution in [0.4, 0.5) is 0 Å². The lowest BCUT2D eigenvalue weighted by molar-refractivity contribution is 0.0673. The van der Waals surface area contributed by atoms with E-state index in [2.05, 4.69) is 4.90 Å². The van der Waals surface area contributed by atoms with Gasteiger partial charge in [0.05, 0.1) is 24.9 Å². The third-order valence-corrected chi connectivity index (χ3v) is 5.51. The highest BCUT2D eigenvalue weighted by Gasteiger charge is 2.21. The van der Waals surface area contributed by atoms with Crippen LogP contribution in [0.25, 0.3) is 11.0 Å². The maximum absolute atomic E-state index is 13.0. The highest BCUT2D eigenvalue weighted by atomic mass is 35.5. The Morgan fingerprint density at radius 2 is 2.00 bits per heavy atom. The van der Waals surface area contributed by atoms with Crippen molar-refractivity contribution in [1.29, 1.82) is 0 Å². The lowest BCUT2D eigenvalue weighted by Gasteiger charge is -2.25. The second kappa shape index (κ2) is 8.99. The van der Waals surface area contributed by atoms with Crippen LogP contribution in [0.1, 0.15) is 24.0 Å². The summed E-state index contributed by atoms with van der Waals surface area (Å²) in [5.41, 5.74) is 2.17. The molecule has 0 bridgehead atoms. The number of fused-ring (bicyclic) bond motifs is 1. The first-order chi connectivity index (χ1) is 14.1. The molecule has 1 atom stereocenters. The molecular formula is C23H24ClNO4. The Bertz CT molecular complexity index is 1040. The van der Waals surface area contributed by atoms with Crippen molar-refractivity contribution in [1.82, 2.24) is 4.90 Å². The number of methoxy groups -OCH3 is 1. The molecule has 0 N–H and O–H groups in total. The number of halogens is 1. The molecule has 1 fully saturated rings. The molecule has 0 saturated carbocycles. The molecule has 0 radical (unpaired) electrons. The topological polar surface area (TPSA) is 51.9 Å². The number of ether oxygens (including phenoxy) is 2. The molecule has 152 valence electrons. The Morgan fingerprint density at radius 1 is 1.17 bits per heavy atom. The summed E-state index contributed by atoms with van der Waals surface area (Å²) in [7, 11) is 1.67. The van der Waals surface area contributed by atoms with E-state index in [9.17, 15) is 4.79 Å². The van der Waals surface area contributed by atoms with Gasteiger partial charge in [-0.1, -0.05) is 29.8 Å². The lowest BCUT2D eigenvalue weighted by Crippen LogP contribution is -2.33. The first kappa shape index (κ1) is 20.0. The first-order valence-corrected chi connectivity index (χ1v) is 10.2. The molecule has 0 aliphatic carbocycles. The fraction of sp³-hybridized carbons (Fsp3) is 0.348. The highest BCUT2D eigenvalue weighted by molar-refractivity contribution is 6.31. The predicted octanol–water partition coefficient (Wildman–Crippen LogP) is 4.64. The summed E-state index contributed by atoms with van der Waals surface area (Å²) >= 11 is 6.08. The second-order valence-electron chi connectivity index (χ2n) is 7.35. The monoisotopic (exact) mass is 413 g/mol. The van der Waals surface area contributed by atoms with Crippen LogP contribution in [0.2, 0.25) is 5.02 Å². The molecule has 1 saturated heterocycles. The number of hydrogen-bond donors (Lipinski definition) is 0. The predicted molar refractivity (Wildman–Crippen MR) is 114 cm³/mol. The van der Waals surface area contributed by atoms with Crippen LogP contribution < -0.4 is 10.2 Å². The van der Waals surface area contributed by atoms with Gasteiger partial charge in [-0.3, -0.25) is 9.69 Å². The minimum atomic E-state index is -0.0499. The van der Waals surface area contributed by atoms with E-state index in [1.54, 1.807) is 31.6 Å². The molecule has 1 aromatic heterocycles. The third-order valence-electron chi connectivity index (χ3n) is 5.27. The van der Waals surface area contributed by atoms with Gasteiger partial charge >= 0.3 is 0 Å². The zero-order valence-electron chi connectivity index (χ0n) is 16.4. The number of para-hydroxylation sites is 1. The zero-order valence-corrected chi connectivity index (χ0v) is 17.2. The SMILES string of the molecule is COc1ccccc1CN(Cc1coc2ccc(Cl)cc2c1=O)C[C@H]1CCCO1. The molecular weight excluding hydrogens is 390 g/mol. The molecule has 0 amide bonds. The fourth-order valence-electron chi connectivity index (χ4n) is 3.83. The van der Waals surface area contributed by atoms with Crippen molar-refractivity contribution in [3.8, 4) is 5.75 Å². The molecule has 1 aliphatic heterocycles. The average molecular weight is 414 g/mol. The van der Waals surface area contributed by atoms with Crippen LogP contribution in [-0.2, 0) is 17.8 Å². The molecule has 0 unspecified atom stereocenters. The maximum Gasteiger partial charge on any atom is 0.197 e. The van der Waals surface area contributed by atoms with Crippen molar-refractivity contribution in [2.45, 2.75) is 32.0 Å². The van der Waals surface area contributed by atoms with E-state index in [-0.39, 0.29) is 11.5 Å². The summed E-state index contributed by atoms with van der Waals surface area (Å²) < 4.78 is 17.1. The van der Waals surface area contributed by atoms with Gasteiger partial charge in [0.25, 0.3) is 0 Å². The molecule has 2 aromatic carbocycles. The minimum absolute atomic E-state index is 0.0499.